The van der Waals surface area contributed by atoms with Gasteiger partial charge in [-0.05, 0) is 76.8 Å². The van der Waals surface area contributed by atoms with Crippen molar-refractivity contribution < 1.29 is 50.9 Å². The minimum atomic E-state index is -4.39. The number of hydrogen-bond acceptors (Lipinski definition) is 12. The molecule has 0 unspecified atom stereocenters. The Hall–Kier alpha value is -4.32. The van der Waals surface area contributed by atoms with Crippen molar-refractivity contribution in [3.8, 4) is 11.6 Å². The van der Waals surface area contributed by atoms with Gasteiger partial charge in [0.15, 0.2) is 0 Å². The molecule has 0 radical (unpaired) electrons. The van der Waals surface area contributed by atoms with E-state index >= 15 is 4.79 Å². The SMILES string of the molecule is COC[C@@H]1C[C@H](C)CCCC[C@H]2C[C@@]2(C(=O)NS(=O)(=O)C2(CF)CC2)NC(=O)[C@@H]2C[C@@H](Oc3nc4cc(OC)ccc4nc3C(C)C)CN2C(=O)[C@H]1NC(=O)OC(C)(C)C. The lowest BCUT2D eigenvalue weighted by Gasteiger charge is -2.34. The topological polar surface area (TPSA) is 204 Å². The Bertz CT molecular complexity index is 2060. The summed E-state index contributed by atoms with van der Waals surface area (Å²) in [4.78, 5) is 68.3. The summed E-state index contributed by atoms with van der Waals surface area (Å²) in [7, 11) is -1.32. The van der Waals surface area contributed by atoms with Gasteiger partial charge in [-0.1, -0.05) is 40.0 Å². The van der Waals surface area contributed by atoms with Crippen LogP contribution in [-0.4, -0.2) is 115 Å². The summed E-state index contributed by atoms with van der Waals surface area (Å²) in [5, 5.41) is 5.70. The van der Waals surface area contributed by atoms with Crippen LogP contribution < -0.4 is 24.8 Å². The Morgan fingerprint density at radius 3 is 2.42 bits per heavy atom. The molecule has 6 rings (SSSR count). The van der Waals surface area contributed by atoms with Gasteiger partial charge < -0.3 is 34.5 Å². The summed E-state index contributed by atoms with van der Waals surface area (Å²) >= 11 is 0. The highest BCUT2D eigenvalue weighted by Crippen LogP contribution is 2.49. The van der Waals surface area contributed by atoms with Crippen LogP contribution in [-0.2, 0) is 33.9 Å². The van der Waals surface area contributed by atoms with E-state index < -0.39 is 86.4 Å². The minimum absolute atomic E-state index is 0.0386. The number of halogens is 1. The number of sulfonamides is 1. The average molecular weight is 861 g/mol. The number of nitrogens with one attached hydrogen (secondary N) is 3. The molecule has 16 nitrogen and oxygen atoms in total. The number of nitrogens with zero attached hydrogens (tertiary/aromatic N) is 3. The number of fused-ring (bicyclic) bond motifs is 3. The first-order valence-electron chi connectivity index (χ1n) is 21.0. The van der Waals surface area contributed by atoms with Crippen molar-refractivity contribution >= 4 is 44.9 Å². The average Bonchev–Trinajstić information content (AvgIpc) is 4.08. The van der Waals surface area contributed by atoms with Gasteiger partial charge >= 0.3 is 6.09 Å². The van der Waals surface area contributed by atoms with Gasteiger partial charge in [0, 0.05) is 31.4 Å². The monoisotopic (exact) mass is 860 g/mol. The van der Waals surface area contributed by atoms with E-state index in [9.17, 15) is 27.2 Å². The standard InChI is InChI=1S/C42H61FN6O10S/c1-24(2)33-36(45-31-18-28(57-8)13-14-30(31)44-33)58-29-19-32-35(50)47-42(38(52)48-60(54,55)41(23-43)15-16-41)20-27(42)12-10-9-11-25(3)17-26(22-56-7)34(37(51)49(32)21-29)46-39(53)59-40(4,5)6/h13-14,18,24-27,29,32,34H,9-12,15-17,19-23H2,1-8H3,(H,46,53)(H,47,50)(H,48,52)/t25-,26+,27+,29-,32+,34+,42-/m1/s1. The minimum Gasteiger partial charge on any atom is -0.497 e. The second-order valence-corrected chi connectivity index (χ2v) is 20.6. The molecule has 18 heteroatoms. The largest absolute Gasteiger partial charge is 0.497 e. The predicted octanol–water partition coefficient (Wildman–Crippen LogP) is 4.69. The molecule has 2 aliphatic heterocycles. The van der Waals surface area contributed by atoms with Crippen molar-refractivity contribution in [2.75, 3.05) is 34.0 Å². The number of methoxy groups -OCH3 is 2. The number of carbonyl (C=O) groups excluding carboxylic acids is 4. The molecule has 0 bridgehead atoms. The maximum Gasteiger partial charge on any atom is 0.408 e. The first-order chi connectivity index (χ1) is 28.2. The molecule has 4 fully saturated rings. The third-order valence-corrected chi connectivity index (χ3v) is 14.3. The van der Waals surface area contributed by atoms with Crippen LogP contribution >= 0.6 is 0 Å². The third-order valence-electron chi connectivity index (χ3n) is 12.2. The van der Waals surface area contributed by atoms with Gasteiger partial charge in [-0.2, -0.15) is 0 Å². The molecule has 0 spiro atoms. The van der Waals surface area contributed by atoms with Gasteiger partial charge in [-0.25, -0.2) is 27.6 Å². The molecule has 4 aliphatic rings. The number of alkyl carbamates (subject to hydrolysis) is 1. The Balaban J connectivity index is 1.39. The van der Waals surface area contributed by atoms with E-state index in [-0.39, 0.29) is 56.6 Å². The molecule has 1 aromatic heterocycles. The smallest absolute Gasteiger partial charge is 0.408 e. The third kappa shape index (κ3) is 9.74. The molecular weight excluding hydrogens is 800 g/mol. The number of benzene rings is 1. The second-order valence-electron chi connectivity index (χ2n) is 18.5. The molecule has 7 atom stereocenters. The van der Waals surface area contributed by atoms with Crippen molar-refractivity contribution in [1.29, 1.82) is 0 Å². The summed E-state index contributed by atoms with van der Waals surface area (Å²) < 4.78 is 64.2. The van der Waals surface area contributed by atoms with E-state index in [1.807, 2.05) is 13.8 Å². The summed E-state index contributed by atoms with van der Waals surface area (Å²) in [6.45, 7) is 9.97. The fraction of sp³-hybridized carbons (Fsp3) is 0.714. The molecule has 1 aromatic carbocycles. The van der Waals surface area contributed by atoms with Crippen LogP contribution in [0.2, 0.25) is 0 Å². The van der Waals surface area contributed by atoms with Gasteiger partial charge in [-0.3, -0.25) is 19.1 Å². The molecule has 2 saturated carbocycles. The van der Waals surface area contributed by atoms with Crippen molar-refractivity contribution in [2.45, 2.75) is 139 Å². The maximum absolute atomic E-state index is 15.1. The van der Waals surface area contributed by atoms with Crippen LogP contribution in [0.1, 0.15) is 111 Å². The van der Waals surface area contributed by atoms with Crippen molar-refractivity contribution in [1.82, 2.24) is 30.2 Å². The van der Waals surface area contributed by atoms with Gasteiger partial charge in [0.05, 0.1) is 31.3 Å². The number of ether oxygens (including phenoxy) is 4. The number of carbonyl (C=O) groups is 4. The van der Waals surface area contributed by atoms with Crippen LogP contribution in [0.15, 0.2) is 18.2 Å². The van der Waals surface area contributed by atoms with Crippen LogP contribution in [0, 0.1) is 17.8 Å². The summed E-state index contributed by atoms with van der Waals surface area (Å²) in [5.74, 6) is -2.36. The Morgan fingerprint density at radius 1 is 1.07 bits per heavy atom. The highest BCUT2D eigenvalue weighted by molar-refractivity contribution is 7.91. The zero-order valence-corrected chi connectivity index (χ0v) is 36.8. The van der Waals surface area contributed by atoms with E-state index in [1.54, 1.807) is 46.1 Å². The number of hydrogen-bond donors (Lipinski definition) is 3. The lowest BCUT2D eigenvalue weighted by Crippen LogP contribution is -2.60. The van der Waals surface area contributed by atoms with Crippen LogP contribution in [0.4, 0.5) is 9.18 Å². The van der Waals surface area contributed by atoms with Crippen LogP contribution in [0.3, 0.4) is 0 Å². The van der Waals surface area contributed by atoms with Crippen molar-refractivity contribution in [3.05, 3.63) is 23.9 Å². The second kappa shape index (κ2) is 17.6. The van der Waals surface area contributed by atoms with E-state index in [0.717, 1.165) is 12.8 Å². The number of aromatic nitrogens is 2. The quantitative estimate of drug-likeness (QED) is 0.282. The molecule has 60 heavy (non-hydrogen) atoms. The molecular formula is C42H61FN6O10S. The van der Waals surface area contributed by atoms with Gasteiger partial charge in [0.2, 0.25) is 27.7 Å². The fourth-order valence-electron chi connectivity index (χ4n) is 8.59. The molecule has 4 amide bonds. The van der Waals surface area contributed by atoms with E-state index in [2.05, 4.69) is 22.3 Å². The lowest BCUT2D eigenvalue weighted by molar-refractivity contribution is -0.142. The van der Waals surface area contributed by atoms with E-state index in [1.165, 1.54) is 12.0 Å². The zero-order valence-electron chi connectivity index (χ0n) is 36.0. The first-order valence-corrected chi connectivity index (χ1v) is 22.5. The van der Waals surface area contributed by atoms with Crippen LogP contribution in [0.5, 0.6) is 11.6 Å². The van der Waals surface area contributed by atoms with Crippen molar-refractivity contribution in [3.63, 3.8) is 0 Å². The lowest BCUT2D eigenvalue weighted by atomic mass is 9.86. The molecule has 2 aliphatic carbocycles. The Morgan fingerprint density at radius 2 is 1.78 bits per heavy atom. The zero-order chi connectivity index (χ0) is 43.8. The van der Waals surface area contributed by atoms with Gasteiger partial charge in [0.25, 0.3) is 5.91 Å². The first kappa shape index (κ1) is 45.2. The van der Waals surface area contributed by atoms with Gasteiger partial charge in [0.1, 0.15) is 52.2 Å². The molecule has 2 saturated heterocycles. The Kier molecular flexibility index (Phi) is 13.2. The predicted molar refractivity (Wildman–Crippen MR) is 219 cm³/mol. The molecule has 3 heterocycles. The van der Waals surface area contributed by atoms with E-state index in [0.29, 0.717) is 41.7 Å². The highest BCUT2D eigenvalue weighted by atomic mass is 32.2. The fourth-order valence-corrected chi connectivity index (χ4v) is 10.0. The number of amides is 4. The summed E-state index contributed by atoms with van der Waals surface area (Å²) in [6.07, 6.45) is 1.94. The molecule has 2 aromatic rings. The molecule has 332 valence electrons. The summed E-state index contributed by atoms with van der Waals surface area (Å²) in [6, 6.07) is 2.90. The van der Waals surface area contributed by atoms with Crippen LogP contribution in [0.25, 0.3) is 11.0 Å². The summed E-state index contributed by atoms with van der Waals surface area (Å²) in [5.41, 5.74) is -0.782. The van der Waals surface area contributed by atoms with Crippen molar-refractivity contribution in [2.24, 2.45) is 17.8 Å². The number of rotatable bonds is 11. The Labute approximate surface area is 351 Å². The normalized spacial score (nSPS) is 28.4. The molecule has 3 N–H and O–H groups in total. The van der Waals surface area contributed by atoms with E-state index in [4.69, 9.17) is 28.9 Å². The highest BCUT2D eigenvalue weighted by Gasteiger charge is 2.64. The van der Waals surface area contributed by atoms with Gasteiger partial charge in [-0.15, -0.1) is 0 Å². The maximum atomic E-state index is 15.1. The number of alkyl halides is 1.